The fourth-order valence-electron chi connectivity index (χ4n) is 4.24. The minimum Gasteiger partial charge on any atom is -0.496 e. The van der Waals surface area contributed by atoms with Crippen LogP contribution >= 0.6 is 11.3 Å². The van der Waals surface area contributed by atoms with Gasteiger partial charge in [0.2, 0.25) is 0 Å². The Morgan fingerprint density at radius 3 is 2.69 bits per heavy atom. The molecule has 0 atom stereocenters. The van der Waals surface area contributed by atoms with Gasteiger partial charge in [0, 0.05) is 35.8 Å². The van der Waals surface area contributed by atoms with Crippen LogP contribution in [0.3, 0.4) is 0 Å². The summed E-state index contributed by atoms with van der Waals surface area (Å²) in [7, 11) is 1.58. The molecule has 11 nitrogen and oxygen atoms in total. The zero-order valence-corrected chi connectivity index (χ0v) is 20.2. The molecule has 1 saturated heterocycles. The number of ether oxygens (including phenoxy) is 1. The number of nitrogens with one attached hydrogen (secondary N) is 2. The van der Waals surface area contributed by atoms with Crippen LogP contribution in [0, 0.1) is 0 Å². The van der Waals surface area contributed by atoms with E-state index in [-0.39, 0.29) is 29.0 Å². The van der Waals surface area contributed by atoms with Crippen molar-refractivity contribution in [3.05, 3.63) is 64.1 Å². The van der Waals surface area contributed by atoms with Crippen molar-refractivity contribution in [2.45, 2.75) is 18.8 Å². The number of pyridine rings is 1. The number of methoxy groups -OCH3 is 1. The van der Waals surface area contributed by atoms with Crippen LogP contribution in [0.2, 0.25) is 0 Å². The molecule has 1 fully saturated rings. The van der Waals surface area contributed by atoms with Gasteiger partial charge >= 0.3 is 0 Å². The number of primary amides is 1. The van der Waals surface area contributed by atoms with Crippen LogP contribution in [0.1, 0.15) is 55.2 Å². The Hall–Kier alpha value is -4.32. The number of hydrogen-bond acceptors (Lipinski definition) is 8. The third-order valence-electron chi connectivity index (χ3n) is 6.12. The summed E-state index contributed by atoms with van der Waals surface area (Å²) >= 11 is 1.40. The second-order valence-corrected chi connectivity index (χ2v) is 9.20. The van der Waals surface area contributed by atoms with Crippen LogP contribution in [-0.2, 0) is 0 Å². The van der Waals surface area contributed by atoms with Crippen molar-refractivity contribution in [2.75, 3.05) is 25.5 Å². The first-order chi connectivity index (χ1) is 17.4. The van der Waals surface area contributed by atoms with Gasteiger partial charge in [0.1, 0.15) is 22.8 Å². The molecule has 4 N–H and O–H groups in total. The molecule has 3 amide bonds. The highest BCUT2D eigenvalue weighted by Crippen LogP contribution is 2.32. The molecule has 5 rings (SSSR count). The van der Waals surface area contributed by atoms with E-state index in [0.717, 1.165) is 23.2 Å². The standard InChI is InChI=1S/C24H23N7O4S/c1-35-18-10-16(28-15-5-3-2-4-14(15)18)24(34)31-8-6-13(7-9-31)23-29-17(11-36-23)22(33)30-21-19(20(25)32)26-12-27-21/h2-5,10-13H,6-9H2,1H3,(H2,25,32)(H,26,27)(H,30,33). The molecule has 4 aromatic rings. The number of hydrogen-bond donors (Lipinski definition) is 3. The average Bonchev–Trinajstić information content (AvgIpc) is 3.58. The summed E-state index contributed by atoms with van der Waals surface area (Å²) in [5.41, 5.74) is 6.59. The first-order valence-corrected chi connectivity index (χ1v) is 12.2. The van der Waals surface area contributed by atoms with E-state index < -0.39 is 11.8 Å². The fourth-order valence-corrected chi connectivity index (χ4v) is 5.21. The zero-order valence-electron chi connectivity index (χ0n) is 19.4. The highest BCUT2D eigenvalue weighted by atomic mass is 32.1. The van der Waals surface area contributed by atoms with Crippen molar-refractivity contribution < 1.29 is 19.1 Å². The summed E-state index contributed by atoms with van der Waals surface area (Å²) in [5, 5.41) is 5.92. The third-order valence-corrected chi connectivity index (χ3v) is 7.13. The molecule has 0 radical (unpaired) electrons. The molecular formula is C24H23N7O4S. The number of benzene rings is 1. The summed E-state index contributed by atoms with van der Waals surface area (Å²) < 4.78 is 5.47. The van der Waals surface area contributed by atoms with Gasteiger partial charge in [-0.25, -0.2) is 15.0 Å². The molecule has 0 spiro atoms. The van der Waals surface area contributed by atoms with Crippen molar-refractivity contribution in [2.24, 2.45) is 5.73 Å². The van der Waals surface area contributed by atoms with Crippen molar-refractivity contribution in [3.63, 3.8) is 0 Å². The topological polar surface area (TPSA) is 156 Å². The van der Waals surface area contributed by atoms with Crippen LogP contribution < -0.4 is 15.8 Å². The Kier molecular flexibility index (Phi) is 6.34. The molecule has 0 unspecified atom stereocenters. The number of carbonyl (C=O) groups is 3. The second-order valence-electron chi connectivity index (χ2n) is 8.31. The van der Waals surface area contributed by atoms with E-state index in [9.17, 15) is 14.4 Å². The Bertz CT molecular complexity index is 1460. The number of imidazole rings is 1. The van der Waals surface area contributed by atoms with Gasteiger partial charge in [-0.05, 0) is 25.0 Å². The molecule has 3 aromatic heterocycles. The maximum Gasteiger partial charge on any atom is 0.276 e. The number of aromatic nitrogens is 4. The maximum absolute atomic E-state index is 13.2. The molecular weight excluding hydrogens is 482 g/mol. The summed E-state index contributed by atoms with van der Waals surface area (Å²) in [6, 6.07) is 9.24. The third kappa shape index (κ3) is 4.50. The van der Waals surface area contributed by atoms with E-state index in [2.05, 4.69) is 25.3 Å². The van der Waals surface area contributed by atoms with Crippen LogP contribution in [0.15, 0.2) is 42.0 Å². The van der Waals surface area contributed by atoms with Gasteiger partial charge in [0.25, 0.3) is 17.7 Å². The van der Waals surface area contributed by atoms with Crippen molar-refractivity contribution in [1.29, 1.82) is 0 Å². The zero-order chi connectivity index (χ0) is 25.2. The number of likely N-dealkylation sites (tertiary alicyclic amines) is 1. The molecule has 0 aliphatic carbocycles. The largest absolute Gasteiger partial charge is 0.496 e. The van der Waals surface area contributed by atoms with Gasteiger partial charge in [-0.3, -0.25) is 14.4 Å². The molecule has 36 heavy (non-hydrogen) atoms. The molecule has 0 bridgehead atoms. The average molecular weight is 506 g/mol. The van der Waals surface area contributed by atoms with Gasteiger partial charge in [-0.15, -0.1) is 11.3 Å². The maximum atomic E-state index is 13.2. The molecule has 4 heterocycles. The number of nitrogens with two attached hydrogens (primary N) is 1. The van der Waals surface area contributed by atoms with E-state index in [0.29, 0.717) is 30.0 Å². The number of thiazole rings is 1. The predicted octanol–water partition coefficient (Wildman–Crippen LogP) is 2.79. The normalized spacial score (nSPS) is 14.1. The van der Waals surface area contributed by atoms with Gasteiger partial charge in [-0.1, -0.05) is 12.1 Å². The second kappa shape index (κ2) is 9.74. The number of rotatable bonds is 6. The minimum absolute atomic E-state index is 0.0226. The molecule has 184 valence electrons. The van der Waals surface area contributed by atoms with Crippen molar-refractivity contribution in [3.8, 4) is 5.75 Å². The molecule has 1 aliphatic rings. The Balaban J connectivity index is 1.23. The number of amides is 3. The lowest BCUT2D eigenvalue weighted by atomic mass is 9.97. The SMILES string of the molecule is COc1cc(C(=O)N2CCC(c3nc(C(=O)Nc4nc[nH]c4C(N)=O)cs3)CC2)nc2ccccc12. The predicted molar refractivity (Wildman–Crippen MR) is 133 cm³/mol. The lowest BCUT2D eigenvalue weighted by Crippen LogP contribution is -2.38. The highest BCUT2D eigenvalue weighted by molar-refractivity contribution is 7.10. The highest BCUT2D eigenvalue weighted by Gasteiger charge is 2.28. The summed E-state index contributed by atoms with van der Waals surface area (Å²) in [6.07, 6.45) is 2.72. The van der Waals surface area contributed by atoms with Gasteiger partial charge in [0.05, 0.1) is 24.0 Å². The number of fused-ring (bicyclic) bond motifs is 1. The number of nitrogens with zero attached hydrogens (tertiary/aromatic N) is 4. The van der Waals surface area contributed by atoms with E-state index in [4.69, 9.17) is 10.5 Å². The Morgan fingerprint density at radius 2 is 1.94 bits per heavy atom. The van der Waals surface area contributed by atoms with Gasteiger partial charge in [0.15, 0.2) is 5.82 Å². The molecule has 1 aliphatic heterocycles. The monoisotopic (exact) mass is 505 g/mol. The first-order valence-electron chi connectivity index (χ1n) is 11.3. The molecule has 1 aromatic carbocycles. The smallest absolute Gasteiger partial charge is 0.276 e. The number of piperidine rings is 1. The quantitative estimate of drug-likeness (QED) is 0.364. The number of H-pyrrole nitrogens is 1. The van der Waals surface area contributed by atoms with Crippen LogP contribution in [0.25, 0.3) is 10.9 Å². The van der Waals surface area contributed by atoms with Crippen LogP contribution in [0.5, 0.6) is 5.75 Å². The summed E-state index contributed by atoms with van der Waals surface area (Å²) in [6.45, 7) is 1.10. The van der Waals surface area contributed by atoms with E-state index >= 15 is 0 Å². The number of carbonyl (C=O) groups excluding carboxylic acids is 3. The van der Waals surface area contributed by atoms with E-state index in [1.54, 1.807) is 23.5 Å². The van der Waals surface area contributed by atoms with E-state index in [1.165, 1.54) is 17.7 Å². The first kappa shape index (κ1) is 23.4. The number of aromatic amines is 1. The van der Waals surface area contributed by atoms with Gasteiger partial charge in [-0.2, -0.15) is 0 Å². The van der Waals surface area contributed by atoms with Crippen LogP contribution in [-0.4, -0.2) is 62.8 Å². The molecule has 12 heteroatoms. The van der Waals surface area contributed by atoms with Crippen molar-refractivity contribution >= 4 is 45.8 Å². The van der Waals surface area contributed by atoms with Gasteiger partial charge < -0.3 is 25.7 Å². The minimum atomic E-state index is -0.722. The Morgan fingerprint density at radius 1 is 1.17 bits per heavy atom. The molecule has 0 saturated carbocycles. The Labute approximate surface area is 209 Å². The summed E-state index contributed by atoms with van der Waals surface area (Å²) in [4.78, 5) is 54.5. The van der Waals surface area contributed by atoms with Crippen LogP contribution in [0.4, 0.5) is 5.82 Å². The fraction of sp³-hybridized carbons (Fsp3) is 0.250. The van der Waals surface area contributed by atoms with Crippen molar-refractivity contribution in [1.82, 2.24) is 24.8 Å². The van der Waals surface area contributed by atoms with E-state index in [1.807, 2.05) is 24.3 Å². The number of anilines is 1. The summed E-state index contributed by atoms with van der Waals surface area (Å²) in [5.74, 6) is -0.526. The lowest BCUT2D eigenvalue weighted by Gasteiger charge is -2.31. The number of para-hydroxylation sites is 1. The lowest BCUT2D eigenvalue weighted by molar-refractivity contribution is 0.0706.